The Labute approximate surface area is 117 Å². The number of hydrogen-bond acceptors (Lipinski definition) is 4. The average molecular weight is 277 g/mol. The van der Waals surface area contributed by atoms with Crippen LogP contribution in [0.1, 0.15) is 29.3 Å². The van der Waals surface area contributed by atoms with E-state index in [1.54, 1.807) is 19.1 Å². The predicted molar refractivity (Wildman–Crippen MR) is 75.8 cm³/mol. The Hall–Kier alpha value is -1.95. The van der Waals surface area contributed by atoms with Crippen LogP contribution in [0.5, 0.6) is 0 Å². The summed E-state index contributed by atoms with van der Waals surface area (Å²) < 4.78 is 0. The Morgan fingerprint density at radius 1 is 1.50 bits per heavy atom. The molecule has 6 heteroatoms. The number of aryl methyl sites for hydroxylation is 1. The Morgan fingerprint density at radius 2 is 2.20 bits per heavy atom. The number of rotatable bonds is 5. The van der Waals surface area contributed by atoms with E-state index in [9.17, 15) is 14.9 Å². The predicted octanol–water partition coefficient (Wildman–Crippen LogP) is 1.73. The molecule has 1 heterocycles. The van der Waals surface area contributed by atoms with E-state index in [0.29, 0.717) is 17.7 Å². The van der Waals surface area contributed by atoms with Crippen molar-refractivity contribution in [2.24, 2.45) is 0 Å². The van der Waals surface area contributed by atoms with Gasteiger partial charge in [-0.15, -0.1) is 0 Å². The third-order valence-corrected chi connectivity index (χ3v) is 3.57. The normalized spacial score (nSPS) is 14.7. The molecule has 1 aromatic rings. The van der Waals surface area contributed by atoms with Crippen LogP contribution >= 0.6 is 0 Å². The molecule has 0 unspecified atom stereocenters. The summed E-state index contributed by atoms with van der Waals surface area (Å²) in [6.45, 7) is 6.04. The summed E-state index contributed by atoms with van der Waals surface area (Å²) in [5, 5.41) is 14.0. The first-order valence-corrected chi connectivity index (χ1v) is 6.81. The molecule has 0 spiro atoms. The van der Waals surface area contributed by atoms with Crippen LogP contribution in [-0.2, 0) is 0 Å². The number of nitro groups is 1. The number of carbonyl (C=O) groups excluding carboxylic acids is 1. The van der Waals surface area contributed by atoms with Crippen molar-refractivity contribution < 1.29 is 9.72 Å². The van der Waals surface area contributed by atoms with Crippen molar-refractivity contribution >= 4 is 11.6 Å². The zero-order valence-corrected chi connectivity index (χ0v) is 11.8. The fourth-order valence-electron chi connectivity index (χ4n) is 2.34. The van der Waals surface area contributed by atoms with E-state index in [-0.39, 0.29) is 17.6 Å². The largest absolute Gasteiger partial charge is 0.333 e. The summed E-state index contributed by atoms with van der Waals surface area (Å²) in [7, 11) is 0. The molecule has 2 rings (SSSR count). The molecular formula is C14H19N3O3. The van der Waals surface area contributed by atoms with E-state index < -0.39 is 4.92 Å². The molecule has 0 saturated carbocycles. The number of nitro benzene ring substituents is 1. The Balaban J connectivity index is 2.22. The number of hydrogen-bond donors (Lipinski definition) is 1. The van der Waals surface area contributed by atoms with Gasteiger partial charge < -0.3 is 10.2 Å². The lowest BCUT2D eigenvalue weighted by atomic mass is 10.1. The fraction of sp³-hybridized carbons (Fsp3) is 0.500. The van der Waals surface area contributed by atoms with Crippen LogP contribution in [-0.4, -0.2) is 41.4 Å². The summed E-state index contributed by atoms with van der Waals surface area (Å²) in [5.74, 6) is -0.0450. The van der Waals surface area contributed by atoms with E-state index in [0.717, 1.165) is 19.5 Å². The van der Waals surface area contributed by atoms with Gasteiger partial charge in [0.05, 0.1) is 11.0 Å². The summed E-state index contributed by atoms with van der Waals surface area (Å²) in [6.07, 6.45) is 0.897. The van der Waals surface area contributed by atoms with Crippen molar-refractivity contribution in [1.82, 2.24) is 10.2 Å². The van der Waals surface area contributed by atoms with Crippen LogP contribution in [0.3, 0.4) is 0 Å². The minimum atomic E-state index is -0.427. The molecule has 6 nitrogen and oxygen atoms in total. The number of amides is 1. The molecule has 1 saturated heterocycles. The van der Waals surface area contributed by atoms with Crippen molar-refractivity contribution in [2.45, 2.75) is 26.3 Å². The zero-order valence-electron chi connectivity index (χ0n) is 11.8. The molecule has 108 valence electrons. The van der Waals surface area contributed by atoms with Gasteiger partial charge in [-0.05, 0) is 25.5 Å². The third-order valence-electron chi connectivity index (χ3n) is 3.57. The molecule has 1 aromatic carbocycles. The molecule has 20 heavy (non-hydrogen) atoms. The Kier molecular flexibility index (Phi) is 4.34. The number of nitrogens with one attached hydrogen (secondary N) is 1. The van der Waals surface area contributed by atoms with Gasteiger partial charge in [0.15, 0.2) is 0 Å². The summed E-state index contributed by atoms with van der Waals surface area (Å²) in [6, 6.07) is 4.79. The average Bonchev–Trinajstić information content (AvgIpc) is 2.34. The maximum atomic E-state index is 12.5. The third kappa shape index (κ3) is 2.80. The maximum Gasteiger partial charge on any atom is 0.272 e. The van der Waals surface area contributed by atoms with Gasteiger partial charge in [0.1, 0.15) is 0 Å². The van der Waals surface area contributed by atoms with Crippen molar-refractivity contribution in [3.63, 3.8) is 0 Å². The maximum absolute atomic E-state index is 12.5. The number of carbonyl (C=O) groups is 1. The van der Waals surface area contributed by atoms with Gasteiger partial charge in [0.25, 0.3) is 11.6 Å². The molecule has 0 atom stereocenters. The van der Waals surface area contributed by atoms with Crippen LogP contribution in [0.15, 0.2) is 18.2 Å². The van der Waals surface area contributed by atoms with Gasteiger partial charge in [-0.2, -0.15) is 0 Å². The smallest absolute Gasteiger partial charge is 0.272 e. The van der Waals surface area contributed by atoms with Crippen LogP contribution < -0.4 is 5.32 Å². The molecule has 1 N–H and O–H groups in total. The van der Waals surface area contributed by atoms with Crippen LogP contribution in [0.25, 0.3) is 0 Å². The SMILES string of the molecule is CCCN(C(=O)c1ccc([N+](=O)[O-])c(C)c1)C1CNC1. The minimum absolute atomic E-state index is 0.0450. The first kappa shape index (κ1) is 14.5. The summed E-state index contributed by atoms with van der Waals surface area (Å²) >= 11 is 0. The van der Waals surface area contributed by atoms with Crippen LogP contribution in [0.4, 0.5) is 5.69 Å². The highest BCUT2D eigenvalue weighted by atomic mass is 16.6. The molecule has 0 radical (unpaired) electrons. The molecule has 0 aromatic heterocycles. The van der Waals surface area contributed by atoms with Crippen molar-refractivity contribution in [3.8, 4) is 0 Å². The van der Waals surface area contributed by atoms with Gasteiger partial charge in [0.2, 0.25) is 0 Å². The molecule has 1 aliphatic rings. The highest BCUT2D eigenvalue weighted by Gasteiger charge is 2.29. The van der Waals surface area contributed by atoms with E-state index in [2.05, 4.69) is 5.32 Å². The van der Waals surface area contributed by atoms with Gasteiger partial charge >= 0.3 is 0 Å². The zero-order chi connectivity index (χ0) is 14.7. The topological polar surface area (TPSA) is 75.5 Å². The molecule has 1 fully saturated rings. The van der Waals surface area contributed by atoms with Crippen LogP contribution in [0, 0.1) is 17.0 Å². The van der Waals surface area contributed by atoms with E-state index in [4.69, 9.17) is 0 Å². The van der Waals surface area contributed by atoms with Crippen molar-refractivity contribution in [3.05, 3.63) is 39.4 Å². The van der Waals surface area contributed by atoms with Crippen LogP contribution in [0.2, 0.25) is 0 Å². The second-order valence-electron chi connectivity index (χ2n) is 5.07. The van der Waals surface area contributed by atoms with Gasteiger partial charge in [0, 0.05) is 36.8 Å². The Bertz CT molecular complexity index is 526. The highest BCUT2D eigenvalue weighted by Crippen LogP contribution is 2.21. The summed E-state index contributed by atoms with van der Waals surface area (Å²) in [5.41, 5.74) is 1.09. The molecule has 1 amide bonds. The Morgan fingerprint density at radius 3 is 2.65 bits per heavy atom. The standard InChI is InChI=1S/C14H19N3O3/c1-3-6-16(12-8-15-9-12)14(18)11-4-5-13(17(19)20)10(2)7-11/h4-5,7,12,15H,3,6,8-9H2,1-2H3. The lowest BCUT2D eigenvalue weighted by Crippen LogP contribution is -2.59. The quantitative estimate of drug-likeness (QED) is 0.657. The monoisotopic (exact) mass is 277 g/mol. The van der Waals surface area contributed by atoms with E-state index in [1.165, 1.54) is 6.07 Å². The van der Waals surface area contributed by atoms with E-state index in [1.807, 2.05) is 11.8 Å². The minimum Gasteiger partial charge on any atom is -0.333 e. The molecular weight excluding hydrogens is 258 g/mol. The number of benzene rings is 1. The molecule has 1 aliphatic heterocycles. The van der Waals surface area contributed by atoms with Gasteiger partial charge in [-0.1, -0.05) is 6.92 Å². The molecule has 0 bridgehead atoms. The first-order chi connectivity index (χ1) is 9.54. The lowest BCUT2D eigenvalue weighted by Gasteiger charge is -2.38. The van der Waals surface area contributed by atoms with Gasteiger partial charge in [-0.25, -0.2) is 0 Å². The van der Waals surface area contributed by atoms with Crippen molar-refractivity contribution in [1.29, 1.82) is 0 Å². The van der Waals surface area contributed by atoms with Gasteiger partial charge in [-0.3, -0.25) is 14.9 Å². The lowest BCUT2D eigenvalue weighted by molar-refractivity contribution is -0.385. The fourth-order valence-corrected chi connectivity index (χ4v) is 2.34. The summed E-state index contributed by atoms with van der Waals surface area (Å²) in [4.78, 5) is 24.8. The second-order valence-corrected chi connectivity index (χ2v) is 5.07. The number of nitrogens with zero attached hydrogens (tertiary/aromatic N) is 2. The first-order valence-electron chi connectivity index (χ1n) is 6.81. The highest BCUT2D eigenvalue weighted by molar-refractivity contribution is 5.95. The van der Waals surface area contributed by atoms with E-state index >= 15 is 0 Å². The molecule has 0 aliphatic carbocycles. The second kappa shape index (κ2) is 6.00. The van der Waals surface area contributed by atoms with Crippen molar-refractivity contribution in [2.75, 3.05) is 19.6 Å².